The number of carbonyl (C=O) groups is 2. The molecule has 1 aromatic rings. The zero-order valence-corrected chi connectivity index (χ0v) is 10.3. The summed E-state index contributed by atoms with van der Waals surface area (Å²) in [5.74, 6) is -0.548. The van der Waals surface area contributed by atoms with Crippen LogP contribution in [0, 0.1) is 5.92 Å². The van der Waals surface area contributed by atoms with Crippen LogP contribution in [-0.2, 0) is 4.74 Å². The molecule has 1 rings (SSSR count). The highest BCUT2D eigenvalue weighted by molar-refractivity contribution is 5.96. The van der Waals surface area contributed by atoms with Crippen molar-refractivity contribution in [2.24, 2.45) is 5.92 Å². The molecule has 6 heteroatoms. The summed E-state index contributed by atoms with van der Waals surface area (Å²) in [4.78, 5) is 23.2. The van der Waals surface area contributed by atoms with E-state index < -0.39 is 5.97 Å². The SMILES string of the molecule is CCOC(=O)c1cnn(C(=O)CC(C)C)c1N. The van der Waals surface area contributed by atoms with Crippen molar-refractivity contribution < 1.29 is 14.3 Å². The first-order valence-corrected chi connectivity index (χ1v) is 5.51. The maximum atomic E-state index is 11.7. The Morgan fingerprint density at radius 3 is 2.71 bits per heavy atom. The van der Waals surface area contributed by atoms with E-state index in [1.165, 1.54) is 6.20 Å². The van der Waals surface area contributed by atoms with Gasteiger partial charge in [0.05, 0.1) is 12.8 Å². The smallest absolute Gasteiger partial charge is 0.343 e. The van der Waals surface area contributed by atoms with Crippen molar-refractivity contribution in [3.8, 4) is 0 Å². The second kappa shape index (κ2) is 5.47. The van der Waals surface area contributed by atoms with Gasteiger partial charge in [0.2, 0.25) is 5.91 Å². The van der Waals surface area contributed by atoms with Crippen molar-refractivity contribution in [3.05, 3.63) is 11.8 Å². The Morgan fingerprint density at radius 2 is 2.18 bits per heavy atom. The fourth-order valence-electron chi connectivity index (χ4n) is 1.36. The number of nitrogens with zero attached hydrogens (tertiary/aromatic N) is 2. The van der Waals surface area contributed by atoms with Crippen LogP contribution in [0.15, 0.2) is 6.20 Å². The van der Waals surface area contributed by atoms with Crippen molar-refractivity contribution in [2.75, 3.05) is 12.3 Å². The van der Waals surface area contributed by atoms with Gasteiger partial charge in [0, 0.05) is 6.42 Å². The molecule has 0 aromatic carbocycles. The zero-order chi connectivity index (χ0) is 13.0. The second-order valence-electron chi connectivity index (χ2n) is 4.07. The maximum absolute atomic E-state index is 11.7. The molecule has 0 spiro atoms. The Kier molecular flexibility index (Phi) is 4.25. The minimum Gasteiger partial charge on any atom is -0.462 e. The largest absolute Gasteiger partial charge is 0.462 e. The van der Waals surface area contributed by atoms with Crippen molar-refractivity contribution in [3.63, 3.8) is 0 Å². The van der Waals surface area contributed by atoms with Gasteiger partial charge in [-0.25, -0.2) is 4.79 Å². The van der Waals surface area contributed by atoms with Crippen LogP contribution < -0.4 is 5.73 Å². The summed E-state index contributed by atoms with van der Waals surface area (Å²) in [6.07, 6.45) is 1.58. The second-order valence-corrected chi connectivity index (χ2v) is 4.07. The number of nitrogens with two attached hydrogens (primary N) is 1. The highest BCUT2D eigenvalue weighted by atomic mass is 16.5. The highest BCUT2D eigenvalue weighted by Crippen LogP contribution is 2.14. The third-order valence-corrected chi connectivity index (χ3v) is 2.12. The summed E-state index contributed by atoms with van der Waals surface area (Å²) < 4.78 is 5.85. The summed E-state index contributed by atoms with van der Waals surface area (Å²) in [5.41, 5.74) is 5.82. The minimum atomic E-state index is -0.561. The topological polar surface area (TPSA) is 87.2 Å². The first-order valence-electron chi connectivity index (χ1n) is 5.51. The average Bonchev–Trinajstić information content (AvgIpc) is 2.59. The zero-order valence-electron chi connectivity index (χ0n) is 10.3. The molecule has 6 nitrogen and oxygen atoms in total. The van der Waals surface area contributed by atoms with Crippen LogP contribution in [0.2, 0.25) is 0 Å². The Morgan fingerprint density at radius 1 is 1.53 bits per heavy atom. The van der Waals surface area contributed by atoms with Crippen molar-refractivity contribution in [1.29, 1.82) is 0 Å². The van der Waals surface area contributed by atoms with Crippen molar-refractivity contribution in [1.82, 2.24) is 9.78 Å². The normalized spacial score (nSPS) is 10.6. The molecular formula is C11H17N3O3. The molecular weight excluding hydrogens is 222 g/mol. The molecule has 17 heavy (non-hydrogen) atoms. The van der Waals surface area contributed by atoms with E-state index >= 15 is 0 Å². The Labute approximate surface area is 99.7 Å². The van der Waals surface area contributed by atoms with Gasteiger partial charge < -0.3 is 10.5 Å². The quantitative estimate of drug-likeness (QED) is 0.801. The molecule has 0 saturated heterocycles. The highest BCUT2D eigenvalue weighted by Gasteiger charge is 2.20. The van der Waals surface area contributed by atoms with E-state index in [4.69, 9.17) is 10.5 Å². The molecule has 0 radical (unpaired) electrons. The van der Waals surface area contributed by atoms with E-state index in [0.717, 1.165) is 4.68 Å². The minimum absolute atomic E-state index is 0.0362. The summed E-state index contributed by atoms with van der Waals surface area (Å²) in [6, 6.07) is 0. The monoisotopic (exact) mass is 239 g/mol. The lowest BCUT2D eigenvalue weighted by atomic mass is 10.1. The van der Waals surface area contributed by atoms with Crippen LogP contribution in [0.3, 0.4) is 0 Å². The number of hydrogen-bond donors (Lipinski definition) is 1. The Bertz CT molecular complexity index is 424. The van der Waals surface area contributed by atoms with Gasteiger partial charge >= 0.3 is 5.97 Å². The predicted molar refractivity (Wildman–Crippen MR) is 62.7 cm³/mol. The van der Waals surface area contributed by atoms with E-state index in [-0.39, 0.29) is 29.8 Å². The van der Waals surface area contributed by atoms with Gasteiger partial charge in [-0.2, -0.15) is 9.78 Å². The van der Waals surface area contributed by atoms with Gasteiger partial charge in [0.1, 0.15) is 11.4 Å². The van der Waals surface area contributed by atoms with Crippen LogP contribution >= 0.6 is 0 Å². The fourth-order valence-corrected chi connectivity index (χ4v) is 1.36. The van der Waals surface area contributed by atoms with E-state index in [9.17, 15) is 9.59 Å². The summed E-state index contributed by atoms with van der Waals surface area (Å²) in [6.45, 7) is 5.79. The molecule has 0 bridgehead atoms. The van der Waals surface area contributed by atoms with E-state index in [2.05, 4.69) is 5.10 Å². The lowest BCUT2D eigenvalue weighted by Gasteiger charge is -2.05. The van der Waals surface area contributed by atoms with Crippen LogP contribution in [0.4, 0.5) is 5.82 Å². The Hall–Kier alpha value is -1.85. The van der Waals surface area contributed by atoms with Gasteiger partial charge in [-0.1, -0.05) is 13.8 Å². The molecule has 2 N–H and O–H groups in total. The molecule has 0 fully saturated rings. The van der Waals surface area contributed by atoms with E-state index in [1.54, 1.807) is 6.92 Å². The number of ether oxygens (including phenoxy) is 1. The predicted octanol–water partition coefficient (Wildman–Crippen LogP) is 1.33. The number of aromatic nitrogens is 2. The molecule has 0 aliphatic heterocycles. The van der Waals surface area contributed by atoms with Gasteiger partial charge in [-0.3, -0.25) is 4.79 Å². The molecule has 0 aliphatic carbocycles. The third kappa shape index (κ3) is 3.05. The number of nitrogen functional groups attached to an aromatic ring is 1. The number of rotatable bonds is 4. The molecule has 0 unspecified atom stereocenters. The van der Waals surface area contributed by atoms with Crippen LogP contribution in [0.25, 0.3) is 0 Å². The molecule has 0 atom stereocenters. The number of carbonyl (C=O) groups excluding carboxylic acids is 2. The maximum Gasteiger partial charge on any atom is 0.343 e. The third-order valence-electron chi connectivity index (χ3n) is 2.12. The van der Waals surface area contributed by atoms with Crippen molar-refractivity contribution >= 4 is 17.7 Å². The van der Waals surface area contributed by atoms with Gasteiger partial charge in [-0.05, 0) is 12.8 Å². The molecule has 1 aromatic heterocycles. The molecule has 0 saturated carbocycles. The lowest BCUT2D eigenvalue weighted by Crippen LogP contribution is -2.18. The number of hydrogen-bond acceptors (Lipinski definition) is 5. The van der Waals surface area contributed by atoms with Gasteiger partial charge in [-0.15, -0.1) is 0 Å². The molecule has 0 aliphatic rings. The fraction of sp³-hybridized carbons (Fsp3) is 0.545. The van der Waals surface area contributed by atoms with Crippen LogP contribution in [-0.4, -0.2) is 28.3 Å². The molecule has 94 valence electrons. The first kappa shape index (κ1) is 13.2. The number of esters is 1. The number of anilines is 1. The van der Waals surface area contributed by atoms with Crippen LogP contribution in [0.5, 0.6) is 0 Å². The van der Waals surface area contributed by atoms with E-state index in [0.29, 0.717) is 6.42 Å². The standard InChI is InChI=1S/C11H17N3O3/c1-4-17-11(16)8-6-13-14(10(8)12)9(15)5-7(2)3/h6-7H,4-5,12H2,1-3H3. The van der Waals surface area contributed by atoms with E-state index in [1.807, 2.05) is 13.8 Å². The summed E-state index contributed by atoms with van der Waals surface area (Å²) in [5, 5.41) is 3.81. The molecule has 0 amide bonds. The lowest BCUT2D eigenvalue weighted by molar-refractivity contribution is 0.0527. The summed E-state index contributed by atoms with van der Waals surface area (Å²) >= 11 is 0. The van der Waals surface area contributed by atoms with Crippen LogP contribution in [0.1, 0.15) is 42.3 Å². The van der Waals surface area contributed by atoms with Gasteiger partial charge in [0.15, 0.2) is 0 Å². The van der Waals surface area contributed by atoms with Crippen molar-refractivity contribution in [2.45, 2.75) is 27.2 Å². The molecule has 1 heterocycles. The average molecular weight is 239 g/mol. The first-order chi connectivity index (χ1) is 7.97. The summed E-state index contributed by atoms with van der Waals surface area (Å²) in [7, 11) is 0. The van der Waals surface area contributed by atoms with Gasteiger partial charge in [0.25, 0.3) is 0 Å². The Balaban J connectivity index is 2.91.